The first-order valence-corrected chi connectivity index (χ1v) is 7.53. The Kier molecular flexibility index (Phi) is 7.57. The van der Waals surface area contributed by atoms with Crippen LogP contribution in [0.4, 0.5) is 0 Å². The normalized spacial score (nSPS) is 13.0. The van der Waals surface area contributed by atoms with Crippen molar-refractivity contribution < 1.29 is 19.4 Å². The van der Waals surface area contributed by atoms with Crippen molar-refractivity contribution in [2.45, 2.75) is 32.9 Å². The number of nitrogens with two attached hydrogens (primary N) is 1. The molecule has 0 saturated heterocycles. The molecule has 1 atom stereocenters. The molecule has 0 aliphatic carbocycles. The van der Waals surface area contributed by atoms with Crippen molar-refractivity contribution in [3.63, 3.8) is 0 Å². The summed E-state index contributed by atoms with van der Waals surface area (Å²) < 4.78 is 10.9. The zero-order valence-electron chi connectivity index (χ0n) is 14.1. The Bertz CT molecular complexity index is 556. The largest absolute Gasteiger partial charge is 0.493 e. The van der Waals surface area contributed by atoms with E-state index >= 15 is 0 Å². The van der Waals surface area contributed by atoms with E-state index in [0.29, 0.717) is 24.1 Å². The van der Waals surface area contributed by atoms with Gasteiger partial charge in [0.15, 0.2) is 17.3 Å². The van der Waals surface area contributed by atoms with Gasteiger partial charge in [-0.2, -0.15) is 0 Å². The first kappa shape index (κ1) is 19.0. The molecular weight excluding hydrogens is 296 g/mol. The molecular formula is C17H26N2O4. The van der Waals surface area contributed by atoms with Crippen LogP contribution in [0.5, 0.6) is 11.5 Å². The number of rotatable bonds is 9. The average molecular weight is 322 g/mol. The van der Waals surface area contributed by atoms with Gasteiger partial charge < -0.3 is 25.6 Å². The van der Waals surface area contributed by atoms with Crippen LogP contribution >= 0.6 is 0 Å². The molecule has 0 fully saturated rings. The van der Waals surface area contributed by atoms with E-state index in [1.165, 1.54) is 14.0 Å². The Morgan fingerprint density at radius 1 is 1.39 bits per heavy atom. The van der Waals surface area contributed by atoms with Gasteiger partial charge in [-0.25, -0.2) is 0 Å². The molecule has 1 aromatic carbocycles. The Balaban J connectivity index is 2.73. The lowest BCUT2D eigenvalue weighted by molar-refractivity contribution is -0.113. The monoisotopic (exact) mass is 322 g/mol. The minimum atomic E-state index is -0.616. The third kappa shape index (κ3) is 6.71. The number of carbonyl (C=O) groups excluding carboxylic acids is 1. The highest BCUT2D eigenvalue weighted by Crippen LogP contribution is 2.28. The van der Waals surface area contributed by atoms with Crippen LogP contribution in [0.15, 0.2) is 23.9 Å². The molecule has 1 rings (SSSR count). The van der Waals surface area contributed by atoms with Gasteiger partial charge in [0.1, 0.15) is 12.7 Å². The predicted molar refractivity (Wildman–Crippen MR) is 90.5 cm³/mol. The molecule has 0 aliphatic heterocycles. The summed E-state index contributed by atoms with van der Waals surface area (Å²) in [6, 6.07) is 5.52. The SMILES string of the molecule is COc1cc(C=C(N)C(C)=O)ccc1OCC(O)CNC(C)C. The minimum absolute atomic E-state index is 0.154. The van der Waals surface area contributed by atoms with Crippen LogP contribution in [0.1, 0.15) is 26.3 Å². The lowest BCUT2D eigenvalue weighted by atomic mass is 10.1. The number of Topliss-reactive ketones (excluding diaryl/α,β-unsaturated/α-hetero) is 1. The van der Waals surface area contributed by atoms with Crippen LogP contribution in [-0.4, -0.2) is 43.3 Å². The Labute approximate surface area is 137 Å². The zero-order valence-corrected chi connectivity index (χ0v) is 14.1. The summed E-state index contributed by atoms with van der Waals surface area (Å²) in [4.78, 5) is 11.2. The third-order valence-corrected chi connectivity index (χ3v) is 3.11. The molecule has 0 radical (unpaired) electrons. The topological polar surface area (TPSA) is 93.8 Å². The maximum absolute atomic E-state index is 11.2. The van der Waals surface area contributed by atoms with Crippen molar-refractivity contribution in [2.75, 3.05) is 20.3 Å². The maximum Gasteiger partial charge on any atom is 0.175 e. The standard InChI is InChI=1S/C17H26N2O4/c1-11(2)19-9-14(21)10-23-16-6-5-13(8-17(16)22-4)7-15(18)12(3)20/h5-8,11,14,19,21H,9-10,18H2,1-4H3. The van der Waals surface area contributed by atoms with Crippen LogP contribution in [0.3, 0.4) is 0 Å². The lowest BCUT2D eigenvalue weighted by Crippen LogP contribution is -2.35. The van der Waals surface area contributed by atoms with Crippen molar-refractivity contribution in [3.8, 4) is 11.5 Å². The van der Waals surface area contributed by atoms with Gasteiger partial charge in [0.05, 0.1) is 12.8 Å². The molecule has 0 bridgehead atoms. The molecule has 0 aliphatic rings. The van der Waals surface area contributed by atoms with Gasteiger partial charge in [-0.1, -0.05) is 19.9 Å². The Morgan fingerprint density at radius 3 is 2.65 bits per heavy atom. The summed E-state index contributed by atoms with van der Waals surface area (Å²) in [5, 5.41) is 13.0. The van der Waals surface area contributed by atoms with Gasteiger partial charge in [-0.3, -0.25) is 4.79 Å². The van der Waals surface area contributed by atoms with Gasteiger partial charge >= 0.3 is 0 Å². The van der Waals surface area contributed by atoms with E-state index in [1.54, 1.807) is 24.3 Å². The second kappa shape index (κ2) is 9.17. The van der Waals surface area contributed by atoms with E-state index in [4.69, 9.17) is 15.2 Å². The van der Waals surface area contributed by atoms with Gasteiger partial charge in [0.25, 0.3) is 0 Å². The van der Waals surface area contributed by atoms with Gasteiger partial charge in [0.2, 0.25) is 0 Å². The number of hydrogen-bond donors (Lipinski definition) is 3. The molecule has 1 aromatic rings. The summed E-state index contributed by atoms with van der Waals surface area (Å²) in [5.74, 6) is 0.846. The van der Waals surface area contributed by atoms with Gasteiger partial charge in [-0.05, 0) is 23.8 Å². The highest BCUT2D eigenvalue weighted by Gasteiger charge is 2.10. The van der Waals surface area contributed by atoms with Crippen molar-refractivity contribution in [3.05, 3.63) is 29.5 Å². The summed E-state index contributed by atoms with van der Waals surface area (Å²) in [6.45, 7) is 6.04. The Morgan fingerprint density at radius 2 is 2.09 bits per heavy atom. The first-order valence-electron chi connectivity index (χ1n) is 7.53. The first-order chi connectivity index (χ1) is 10.8. The Hall–Kier alpha value is -2.05. The van der Waals surface area contributed by atoms with E-state index < -0.39 is 6.10 Å². The van der Waals surface area contributed by atoms with Crippen LogP contribution in [0.2, 0.25) is 0 Å². The molecule has 1 unspecified atom stereocenters. The molecule has 0 saturated carbocycles. The quantitative estimate of drug-likeness (QED) is 0.594. The molecule has 0 amide bonds. The molecule has 4 N–H and O–H groups in total. The van der Waals surface area contributed by atoms with Crippen LogP contribution in [-0.2, 0) is 4.79 Å². The number of aliphatic hydroxyl groups is 1. The minimum Gasteiger partial charge on any atom is -0.493 e. The van der Waals surface area contributed by atoms with E-state index in [1.807, 2.05) is 13.8 Å². The smallest absolute Gasteiger partial charge is 0.175 e. The van der Waals surface area contributed by atoms with Crippen LogP contribution in [0, 0.1) is 0 Å². The molecule has 128 valence electrons. The highest BCUT2D eigenvalue weighted by atomic mass is 16.5. The van der Waals surface area contributed by atoms with Gasteiger partial charge in [0, 0.05) is 19.5 Å². The summed E-state index contributed by atoms with van der Waals surface area (Å²) >= 11 is 0. The van der Waals surface area contributed by atoms with Crippen LogP contribution in [0.25, 0.3) is 6.08 Å². The van der Waals surface area contributed by atoms with E-state index in [-0.39, 0.29) is 18.1 Å². The molecule has 6 heteroatoms. The number of ether oxygens (including phenoxy) is 2. The van der Waals surface area contributed by atoms with Crippen molar-refractivity contribution >= 4 is 11.9 Å². The van der Waals surface area contributed by atoms with E-state index in [0.717, 1.165) is 5.56 Å². The third-order valence-electron chi connectivity index (χ3n) is 3.11. The summed E-state index contributed by atoms with van der Waals surface area (Å²) in [5.41, 5.74) is 6.55. The average Bonchev–Trinajstić information content (AvgIpc) is 2.51. The van der Waals surface area contributed by atoms with Crippen molar-refractivity contribution in [1.82, 2.24) is 5.32 Å². The number of benzene rings is 1. The van der Waals surface area contributed by atoms with E-state index in [2.05, 4.69) is 5.32 Å². The summed E-state index contributed by atoms with van der Waals surface area (Å²) in [6.07, 6.45) is 0.964. The summed E-state index contributed by atoms with van der Waals surface area (Å²) in [7, 11) is 1.53. The highest BCUT2D eigenvalue weighted by molar-refractivity contribution is 5.96. The molecule has 0 aromatic heterocycles. The number of nitrogens with one attached hydrogen (secondary N) is 1. The van der Waals surface area contributed by atoms with Crippen molar-refractivity contribution in [1.29, 1.82) is 0 Å². The van der Waals surface area contributed by atoms with Crippen molar-refractivity contribution in [2.24, 2.45) is 5.73 Å². The molecule has 6 nitrogen and oxygen atoms in total. The van der Waals surface area contributed by atoms with E-state index in [9.17, 15) is 9.90 Å². The fraction of sp³-hybridized carbons (Fsp3) is 0.471. The molecule has 0 spiro atoms. The number of ketones is 1. The lowest BCUT2D eigenvalue weighted by Gasteiger charge is -2.16. The molecule has 0 heterocycles. The van der Waals surface area contributed by atoms with Gasteiger partial charge in [-0.15, -0.1) is 0 Å². The fourth-order valence-corrected chi connectivity index (χ4v) is 1.79. The number of methoxy groups -OCH3 is 1. The number of allylic oxidation sites excluding steroid dienone is 1. The molecule has 23 heavy (non-hydrogen) atoms. The maximum atomic E-state index is 11.2. The second-order valence-corrected chi connectivity index (χ2v) is 5.59. The predicted octanol–water partition coefficient (Wildman–Crippen LogP) is 1.32. The van der Waals surface area contributed by atoms with Crippen LogP contribution < -0.4 is 20.5 Å². The number of hydrogen-bond acceptors (Lipinski definition) is 6. The second-order valence-electron chi connectivity index (χ2n) is 5.59. The zero-order chi connectivity index (χ0) is 17.4. The number of carbonyl (C=O) groups is 1. The fourth-order valence-electron chi connectivity index (χ4n) is 1.79. The number of aliphatic hydroxyl groups excluding tert-OH is 1.